The molecular weight excluding hydrogens is 420 g/mol. The van der Waals surface area contributed by atoms with Gasteiger partial charge in [0.2, 0.25) is 5.91 Å². The van der Waals surface area contributed by atoms with Crippen LogP contribution in [0, 0.1) is 24.2 Å². The Balaban J connectivity index is 1.56. The zero-order valence-corrected chi connectivity index (χ0v) is 19.6. The smallest absolute Gasteiger partial charge is 0.318 e. The van der Waals surface area contributed by atoms with E-state index in [1.807, 2.05) is 31.2 Å². The monoisotopic (exact) mass is 456 g/mol. The van der Waals surface area contributed by atoms with Gasteiger partial charge in [0.25, 0.3) is 0 Å². The molecule has 180 valence electrons. The van der Waals surface area contributed by atoms with E-state index < -0.39 is 12.1 Å². The highest BCUT2D eigenvalue weighted by Gasteiger charge is 2.29. The van der Waals surface area contributed by atoms with Crippen molar-refractivity contribution in [2.45, 2.75) is 64.1 Å². The summed E-state index contributed by atoms with van der Waals surface area (Å²) in [4.78, 5) is 27.6. The van der Waals surface area contributed by atoms with E-state index >= 15 is 0 Å². The maximum absolute atomic E-state index is 13.1. The van der Waals surface area contributed by atoms with Crippen molar-refractivity contribution >= 4 is 11.9 Å². The average Bonchev–Trinajstić information content (AvgIpc) is 2.85. The zero-order chi connectivity index (χ0) is 23.5. The molecule has 2 aliphatic rings. The first-order valence-electron chi connectivity index (χ1n) is 12.0. The fourth-order valence-electron chi connectivity index (χ4n) is 4.44. The number of benzene rings is 1. The van der Waals surface area contributed by atoms with Gasteiger partial charge >= 0.3 is 6.03 Å². The van der Waals surface area contributed by atoms with Gasteiger partial charge in [-0.3, -0.25) is 4.79 Å². The number of morpholine rings is 1. The predicted octanol–water partition coefficient (Wildman–Crippen LogP) is 2.90. The lowest BCUT2D eigenvalue weighted by Gasteiger charge is -2.31. The molecule has 0 radical (unpaired) electrons. The van der Waals surface area contributed by atoms with Crippen LogP contribution in [0.2, 0.25) is 0 Å². The van der Waals surface area contributed by atoms with Crippen LogP contribution in [0.5, 0.6) is 0 Å². The molecule has 33 heavy (non-hydrogen) atoms. The molecule has 0 aromatic heterocycles. The third kappa shape index (κ3) is 8.02. The van der Waals surface area contributed by atoms with Crippen molar-refractivity contribution in [2.24, 2.45) is 5.92 Å². The highest BCUT2D eigenvalue weighted by atomic mass is 16.5. The molecule has 2 fully saturated rings. The van der Waals surface area contributed by atoms with Gasteiger partial charge in [0.05, 0.1) is 32.5 Å². The van der Waals surface area contributed by atoms with Gasteiger partial charge in [-0.2, -0.15) is 5.26 Å². The Morgan fingerprint density at radius 3 is 2.61 bits per heavy atom. The van der Waals surface area contributed by atoms with E-state index in [-0.39, 0.29) is 18.5 Å². The van der Waals surface area contributed by atoms with E-state index in [9.17, 15) is 14.9 Å². The van der Waals surface area contributed by atoms with Crippen LogP contribution in [-0.2, 0) is 20.9 Å². The van der Waals surface area contributed by atoms with E-state index in [1.54, 1.807) is 4.90 Å². The number of ether oxygens (including phenoxy) is 2. The maximum Gasteiger partial charge on any atom is 0.318 e. The van der Waals surface area contributed by atoms with Crippen LogP contribution in [0.25, 0.3) is 0 Å². The molecular formula is C25H36N4O4. The van der Waals surface area contributed by atoms with Crippen LogP contribution in [0.4, 0.5) is 4.79 Å². The third-order valence-corrected chi connectivity index (χ3v) is 6.48. The Morgan fingerprint density at radius 2 is 1.91 bits per heavy atom. The Kier molecular flexibility index (Phi) is 9.98. The molecule has 3 rings (SSSR count). The number of amides is 3. The van der Waals surface area contributed by atoms with Crippen LogP contribution in [0.1, 0.15) is 49.7 Å². The minimum atomic E-state index is -0.782. The molecule has 2 N–H and O–H groups in total. The first-order valence-corrected chi connectivity index (χ1v) is 12.0. The summed E-state index contributed by atoms with van der Waals surface area (Å²) in [5, 5.41) is 15.3. The number of rotatable bonds is 9. The largest absolute Gasteiger partial charge is 0.378 e. The lowest BCUT2D eigenvalue weighted by molar-refractivity contribution is -0.124. The van der Waals surface area contributed by atoms with Gasteiger partial charge in [-0.15, -0.1) is 0 Å². The molecule has 1 aromatic carbocycles. The van der Waals surface area contributed by atoms with E-state index in [4.69, 9.17) is 9.47 Å². The quantitative estimate of drug-likeness (QED) is 0.595. The van der Waals surface area contributed by atoms with Gasteiger partial charge in [-0.25, -0.2) is 4.79 Å². The zero-order valence-electron chi connectivity index (χ0n) is 19.6. The topological polar surface area (TPSA) is 104 Å². The molecule has 1 saturated carbocycles. The molecule has 2 atom stereocenters. The Hall–Kier alpha value is -2.63. The van der Waals surface area contributed by atoms with Crippen LogP contribution >= 0.6 is 0 Å². The molecule has 0 bridgehead atoms. The highest BCUT2D eigenvalue weighted by Crippen LogP contribution is 2.27. The van der Waals surface area contributed by atoms with E-state index in [2.05, 4.69) is 16.7 Å². The fourth-order valence-corrected chi connectivity index (χ4v) is 4.44. The molecule has 0 spiro atoms. The Bertz CT molecular complexity index is 813. The molecule has 1 aliphatic carbocycles. The standard InChI is InChI=1S/C25H36N4O4/c1-19-7-5-6-10-21(19)17-33-18-22(16-26)27-24(30)23(15-20-8-3-2-4-9-20)28-25(31)29-11-13-32-14-12-29/h5-7,10,20,22-23H,2-4,8-9,11-15,17-18H2,1H3,(H,27,30)(H,28,31)/t22-,23+/m1/s1. The van der Waals surface area contributed by atoms with Crippen LogP contribution < -0.4 is 10.6 Å². The summed E-state index contributed by atoms with van der Waals surface area (Å²) >= 11 is 0. The molecule has 1 aromatic rings. The number of aryl methyl sites for hydroxylation is 1. The summed E-state index contributed by atoms with van der Waals surface area (Å²) in [6.07, 6.45) is 6.26. The predicted molar refractivity (Wildman–Crippen MR) is 124 cm³/mol. The van der Waals surface area contributed by atoms with Gasteiger partial charge in [0.1, 0.15) is 12.1 Å². The number of nitrogens with zero attached hydrogens (tertiary/aromatic N) is 2. The number of carbonyl (C=O) groups is 2. The van der Waals surface area contributed by atoms with Gasteiger partial charge in [0.15, 0.2) is 0 Å². The summed E-state index contributed by atoms with van der Waals surface area (Å²) in [6, 6.07) is 8.31. The molecule has 8 nitrogen and oxygen atoms in total. The molecule has 1 heterocycles. The number of carbonyl (C=O) groups excluding carboxylic acids is 2. The van der Waals surface area contributed by atoms with Crippen molar-refractivity contribution in [3.8, 4) is 6.07 Å². The summed E-state index contributed by atoms with van der Waals surface area (Å²) < 4.78 is 11.0. The summed E-state index contributed by atoms with van der Waals surface area (Å²) in [7, 11) is 0. The molecule has 1 aliphatic heterocycles. The van der Waals surface area contributed by atoms with Crippen LogP contribution in [-0.4, -0.2) is 61.8 Å². The highest BCUT2D eigenvalue weighted by molar-refractivity contribution is 5.87. The van der Waals surface area contributed by atoms with Crippen molar-refractivity contribution in [3.05, 3.63) is 35.4 Å². The summed E-state index contributed by atoms with van der Waals surface area (Å²) in [6.45, 7) is 4.50. The number of hydrogen-bond acceptors (Lipinski definition) is 5. The van der Waals surface area contributed by atoms with Crippen molar-refractivity contribution in [3.63, 3.8) is 0 Å². The van der Waals surface area contributed by atoms with Crippen molar-refractivity contribution in [1.29, 1.82) is 5.26 Å². The fraction of sp³-hybridized carbons (Fsp3) is 0.640. The second kappa shape index (κ2) is 13.2. The minimum absolute atomic E-state index is 0.0874. The number of nitrogens with one attached hydrogen (secondary N) is 2. The second-order valence-corrected chi connectivity index (χ2v) is 8.97. The number of nitriles is 1. The SMILES string of the molecule is Cc1ccccc1COC[C@@H](C#N)NC(=O)[C@H](CC1CCCCC1)NC(=O)N1CCOCC1. The molecule has 0 unspecified atom stereocenters. The maximum atomic E-state index is 13.1. The van der Waals surface area contributed by atoms with E-state index in [1.165, 1.54) is 6.42 Å². The normalized spacial score (nSPS) is 18.7. The van der Waals surface area contributed by atoms with Gasteiger partial charge in [-0.05, 0) is 30.4 Å². The Labute approximate surface area is 196 Å². The number of hydrogen-bond donors (Lipinski definition) is 2. The van der Waals surface area contributed by atoms with E-state index in [0.717, 1.165) is 36.8 Å². The van der Waals surface area contributed by atoms with Crippen LogP contribution in [0.3, 0.4) is 0 Å². The van der Waals surface area contributed by atoms with Gasteiger partial charge in [0, 0.05) is 13.1 Å². The van der Waals surface area contributed by atoms with Gasteiger partial charge in [-0.1, -0.05) is 56.4 Å². The Morgan fingerprint density at radius 1 is 1.18 bits per heavy atom. The lowest BCUT2D eigenvalue weighted by Crippen LogP contribution is -2.55. The molecule has 3 amide bonds. The summed E-state index contributed by atoms with van der Waals surface area (Å²) in [5.41, 5.74) is 2.17. The van der Waals surface area contributed by atoms with Crippen molar-refractivity contribution in [2.75, 3.05) is 32.9 Å². The van der Waals surface area contributed by atoms with Gasteiger partial charge < -0.3 is 25.0 Å². The lowest BCUT2D eigenvalue weighted by atomic mass is 9.84. The van der Waals surface area contributed by atoms with E-state index in [0.29, 0.717) is 45.2 Å². The number of urea groups is 1. The molecule has 1 saturated heterocycles. The molecule has 8 heteroatoms. The third-order valence-electron chi connectivity index (χ3n) is 6.48. The first kappa shape index (κ1) is 25.0. The minimum Gasteiger partial charge on any atom is -0.378 e. The summed E-state index contributed by atoms with van der Waals surface area (Å²) in [5.74, 6) is 0.0746. The average molecular weight is 457 g/mol. The first-order chi connectivity index (χ1) is 16.1. The van der Waals surface area contributed by atoms with Crippen LogP contribution in [0.15, 0.2) is 24.3 Å². The van der Waals surface area contributed by atoms with Crippen molar-refractivity contribution < 1.29 is 19.1 Å². The van der Waals surface area contributed by atoms with Crippen molar-refractivity contribution in [1.82, 2.24) is 15.5 Å². The second-order valence-electron chi connectivity index (χ2n) is 8.97.